The molecule has 0 bridgehead atoms. The van der Waals surface area contributed by atoms with Gasteiger partial charge in [-0.1, -0.05) is 18.2 Å². The molecule has 0 radical (unpaired) electrons. The highest BCUT2D eigenvalue weighted by Crippen LogP contribution is 2.30. The van der Waals surface area contributed by atoms with Crippen LogP contribution >= 0.6 is 15.9 Å². The number of carbonyl (C=O) groups excluding carboxylic acids is 1. The first-order valence-corrected chi connectivity index (χ1v) is 10.3. The molecule has 0 aliphatic carbocycles. The minimum Gasteiger partial charge on any atom is -0.462 e. The fraction of sp³-hybridized carbons (Fsp3) is 0.158. The molecule has 0 N–H and O–H groups in total. The van der Waals surface area contributed by atoms with Crippen LogP contribution in [-0.4, -0.2) is 26.0 Å². The van der Waals surface area contributed by atoms with Gasteiger partial charge in [-0.2, -0.15) is 8.42 Å². The van der Waals surface area contributed by atoms with Crippen LogP contribution < -0.4 is 4.18 Å². The average molecular weight is 450 g/mol. The van der Waals surface area contributed by atoms with E-state index in [0.717, 1.165) is 11.1 Å². The number of esters is 1. The molecule has 6 nitrogen and oxygen atoms in total. The number of aryl methyl sites for hydroxylation is 1. The molecule has 2 aromatic carbocycles. The molecule has 0 fully saturated rings. The van der Waals surface area contributed by atoms with Gasteiger partial charge in [-0.25, -0.2) is 9.78 Å². The van der Waals surface area contributed by atoms with E-state index in [-0.39, 0.29) is 27.3 Å². The summed E-state index contributed by atoms with van der Waals surface area (Å²) in [6, 6.07) is 12.8. The summed E-state index contributed by atoms with van der Waals surface area (Å²) in [5.74, 6) is -0.394. The highest BCUT2D eigenvalue weighted by Gasteiger charge is 2.23. The third kappa shape index (κ3) is 4.12. The number of hydrogen-bond acceptors (Lipinski definition) is 6. The molecule has 0 atom stereocenters. The Morgan fingerprint density at radius 2 is 1.93 bits per heavy atom. The monoisotopic (exact) mass is 449 g/mol. The normalized spacial score (nSPS) is 11.4. The molecular weight excluding hydrogens is 434 g/mol. The predicted molar refractivity (Wildman–Crippen MR) is 104 cm³/mol. The first-order chi connectivity index (χ1) is 12.8. The third-order valence-electron chi connectivity index (χ3n) is 3.73. The lowest BCUT2D eigenvalue weighted by Gasteiger charge is -2.11. The van der Waals surface area contributed by atoms with Gasteiger partial charge in [0.25, 0.3) is 0 Å². The Bertz CT molecular complexity index is 1130. The van der Waals surface area contributed by atoms with Crippen molar-refractivity contribution in [3.05, 3.63) is 64.3 Å². The number of rotatable bonds is 5. The van der Waals surface area contributed by atoms with E-state index in [0.29, 0.717) is 5.52 Å². The van der Waals surface area contributed by atoms with E-state index in [9.17, 15) is 13.2 Å². The lowest BCUT2D eigenvalue weighted by molar-refractivity contribution is 0.0526. The van der Waals surface area contributed by atoms with Crippen LogP contribution in [0, 0.1) is 6.92 Å². The van der Waals surface area contributed by atoms with Crippen molar-refractivity contribution in [2.24, 2.45) is 0 Å². The summed E-state index contributed by atoms with van der Waals surface area (Å²) in [4.78, 5) is 16.1. The van der Waals surface area contributed by atoms with E-state index < -0.39 is 16.1 Å². The zero-order valence-electron chi connectivity index (χ0n) is 14.6. The molecular formula is C19H16BrNO5S. The Morgan fingerprint density at radius 3 is 2.63 bits per heavy atom. The SMILES string of the molecule is CCOC(=O)c1ccc(S(=O)(=O)Oc2cccc3ccc(C)nc23)c(Br)c1. The molecule has 8 heteroatoms. The highest BCUT2D eigenvalue weighted by molar-refractivity contribution is 9.10. The predicted octanol–water partition coefficient (Wildman–Crippen LogP) is 4.25. The van der Waals surface area contributed by atoms with E-state index in [4.69, 9.17) is 8.92 Å². The lowest BCUT2D eigenvalue weighted by atomic mass is 10.2. The summed E-state index contributed by atoms with van der Waals surface area (Å²) in [5.41, 5.74) is 1.45. The van der Waals surface area contributed by atoms with Crippen molar-refractivity contribution in [2.45, 2.75) is 18.7 Å². The van der Waals surface area contributed by atoms with Gasteiger partial charge < -0.3 is 8.92 Å². The number of pyridine rings is 1. The Kier molecular flexibility index (Phi) is 5.48. The van der Waals surface area contributed by atoms with E-state index in [1.54, 1.807) is 19.1 Å². The van der Waals surface area contributed by atoms with E-state index in [1.807, 2.05) is 25.1 Å². The molecule has 3 rings (SSSR count). The number of ether oxygens (including phenoxy) is 1. The second-order valence-corrected chi connectivity index (χ2v) is 8.05. The molecule has 0 saturated carbocycles. The lowest BCUT2D eigenvalue weighted by Crippen LogP contribution is -2.12. The maximum atomic E-state index is 12.8. The fourth-order valence-corrected chi connectivity index (χ4v) is 4.46. The molecule has 1 heterocycles. The van der Waals surface area contributed by atoms with E-state index >= 15 is 0 Å². The number of fused-ring (bicyclic) bond motifs is 1. The van der Waals surface area contributed by atoms with Gasteiger partial charge in [0.1, 0.15) is 10.4 Å². The minimum atomic E-state index is -4.14. The van der Waals surface area contributed by atoms with Gasteiger partial charge in [0, 0.05) is 15.6 Å². The van der Waals surface area contributed by atoms with Crippen LogP contribution in [0.3, 0.4) is 0 Å². The van der Waals surface area contributed by atoms with Crippen LogP contribution in [0.25, 0.3) is 10.9 Å². The zero-order chi connectivity index (χ0) is 19.6. The van der Waals surface area contributed by atoms with Crippen LogP contribution in [0.2, 0.25) is 0 Å². The fourth-order valence-electron chi connectivity index (χ4n) is 2.49. The van der Waals surface area contributed by atoms with Crippen LogP contribution in [-0.2, 0) is 14.9 Å². The van der Waals surface area contributed by atoms with Gasteiger partial charge >= 0.3 is 16.1 Å². The van der Waals surface area contributed by atoms with Crippen molar-refractivity contribution in [1.82, 2.24) is 4.98 Å². The number of para-hydroxylation sites is 1. The van der Waals surface area contributed by atoms with Gasteiger partial charge in [-0.3, -0.25) is 0 Å². The Labute approximate surface area is 165 Å². The molecule has 0 amide bonds. The quantitative estimate of drug-likeness (QED) is 0.427. The van der Waals surface area contributed by atoms with Crippen LogP contribution in [0.4, 0.5) is 0 Å². The number of nitrogens with zero attached hydrogens (tertiary/aromatic N) is 1. The second-order valence-electron chi connectivity index (χ2n) is 5.68. The molecule has 0 saturated heterocycles. The summed E-state index contributed by atoms with van der Waals surface area (Å²) in [5, 5.41) is 0.769. The van der Waals surface area contributed by atoms with Gasteiger partial charge in [0.05, 0.1) is 12.2 Å². The summed E-state index contributed by atoms with van der Waals surface area (Å²) in [6.07, 6.45) is 0. The summed E-state index contributed by atoms with van der Waals surface area (Å²) < 4.78 is 36.0. The number of halogens is 1. The van der Waals surface area contributed by atoms with Crippen LogP contribution in [0.5, 0.6) is 5.75 Å². The molecule has 27 heavy (non-hydrogen) atoms. The standard InChI is InChI=1S/C19H16BrNO5S/c1-3-25-19(22)14-9-10-17(15(20)11-14)27(23,24)26-16-6-4-5-13-8-7-12(2)21-18(13)16/h4-11H,3H2,1-2H3. The van der Waals surface area contributed by atoms with Crippen LogP contribution in [0.1, 0.15) is 23.0 Å². The molecule has 1 aromatic heterocycles. The van der Waals surface area contributed by atoms with Crippen molar-refractivity contribution in [2.75, 3.05) is 6.61 Å². The van der Waals surface area contributed by atoms with Crippen molar-refractivity contribution >= 4 is 42.9 Å². The first-order valence-electron chi connectivity index (χ1n) is 8.09. The largest absolute Gasteiger partial charge is 0.462 e. The van der Waals surface area contributed by atoms with Crippen molar-refractivity contribution in [1.29, 1.82) is 0 Å². The van der Waals surface area contributed by atoms with Crippen LogP contribution in [0.15, 0.2) is 57.9 Å². The topological polar surface area (TPSA) is 82.6 Å². The summed E-state index contributed by atoms with van der Waals surface area (Å²) in [7, 11) is -4.14. The highest BCUT2D eigenvalue weighted by atomic mass is 79.9. The van der Waals surface area contributed by atoms with Gasteiger partial charge in [0.2, 0.25) is 0 Å². The van der Waals surface area contributed by atoms with Gasteiger partial charge in [-0.05, 0) is 60.1 Å². The Hall–Kier alpha value is -2.45. The van der Waals surface area contributed by atoms with Crippen molar-refractivity contribution in [3.63, 3.8) is 0 Å². The zero-order valence-corrected chi connectivity index (χ0v) is 17.0. The smallest absolute Gasteiger partial charge is 0.340 e. The van der Waals surface area contributed by atoms with Crippen molar-refractivity contribution in [3.8, 4) is 5.75 Å². The molecule has 0 unspecified atom stereocenters. The number of aromatic nitrogens is 1. The average Bonchev–Trinajstić information content (AvgIpc) is 2.62. The maximum Gasteiger partial charge on any atom is 0.340 e. The van der Waals surface area contributed by atoms with Crippen molar-refractivity contribution < 1.29 is 22.1 Å². The molecule has 3 aromatic rings. The van der Waals surface area contributed by atoms with E-state index in [2.05, 4.69) is 20.9 Å². The number of benzene rings is 2. The molecule has 0 aliphatic rings. The van der Waals surface area contributed by atoms with Gasteiger partial charge in [0.15, 0.2) is 5.75 Å². The minimum absolute atomic E-state index is 0.0970. The molecule has 0 spiro atoms. The molecule has 0 aliphatic heterocycles. The van der Waals surface area contributed by atoms with Gasteiger partial charge in [-0.15, -0.1) is 0 Å². The number of carbonyl (C=O) groups is 1. The van der Waals surface area contributed by atoms with E-state index in [1.165, 1.54) is 18.2 Å². The molecule has 140 valence electrons. The number of hydrogen-bond donors (Lipinski definition) is 0. The second kappa shape index (κ2) is 7.66. The summed E-state index contributed by atoms with van der Waals surface area (Å²) in [6.45, 7) is 3.74. The Morgan fingerprint density at radius 1 is 1.15 bits per heavy atom. The summed E-state index contributed by atoms with van der Waals surface area (Å²) >= 11 is 3.19. The third-order valence-corrected chi connectivity index (χ3v) is 5.95. The first kappa shape index (κ1) is 19.3. The Balaban J connectivity index is 1.98. The maximum absolute atomic E-state index is 12.8.